The van der Waals surface area contributed by atoms with E-state index in [2.05, 4.69) is 0 Å². The predicted molar refractivity (Wildman–Crippen MR) is 94.2 cm³/mol. The zero-order valence-electron chi connectivity index (χ0n) is 12.8. The van der Waals surface area contributed by atoms with E-state index in [0.29, 0.717) is 0 Å². The lowest BCUT2D eigenvalue weighted by molar-refractivity contribution is 0.392. The molecule has 3 aromatic carbocycles. The lowest BCUT2D eigenvalue weighted by Gasteiger charge is -2.36. The van der Waals surface area contributed by atoms with Crippen molar-refractivity contribution in [1.82, 2.24) is 0 Å². The molecule has 3 rings (SSSR count). The minimum atomic E-state index is -1.41. The molecule has 0 unspecified atom stereocenters. The monoisotopic (exact) mass is 302 g/mol. The van der Waals surface area contributed by atoms with Gasteiger partial charge in [-0.1, -0.05) is 91.0 Å². The molecule has 0 atom stereocenters. The lowest BCUT2D eigenvalue weighted by atomic mass is 9.58. The summed E-state index contributed by atoms with van der Waals surface area (Å²) in [6.07, 6.45) is 0.199. The number of benzene rings is 3. The molecule has 0 fully saturated rings. The molecule has 0 spiro atoms. The summed E-state index contributed by atoms with van der Waals surface area (Å²) in [5.74, 6) is 0. The molecule has 0 saturated heterocycles. The quantitative estimate of drug-likeness (QED) is 0.559. The van der Waals surface area contributed by atoms with Crippen molar-refractivity contribution in [3.8, 4) is 0 Å². The molecule has 23 heavy (non-hydrogen) atoms. The Morgan fingerprint density at radius 1 is 0.565 bits per heavy atom. The van der Waals surface area contributed by atoms with Crippen LogP contribution in [0.15, 0.2) is 91.0 Å². The van der Waals surface area contributed by atoms with Gasteiger partial charge in [0.15, 0.2) is 0 Å². The van der Waals surface area contributed by atoms with Crippen molar-refractivity contribution in [2.75, 3.05) is 0 Å². The van der Waals surface area contributed by atoms with Gasteiger partial charge in [0.25, 0.3) is 0 Å². The second kappa shape index (κ2) is 6.82. The van der Waals surface area contributed by atoms with Crippen molar-refractivity contribution in [1.29, 1.82) is 0 Å². The summed E-state index contributed by atoms with van der Waals surface area (Å²) >= 11 is 0. The van der Waals surface area contributed by atoms with Crippen LogP contribution in [0.5, 0.6) is 0 Å². The van der Waals surface area contributed by atoms with Crippen molar-refractivity contribution in [2.45, 2.75) is 11.7 Å². The molecule has 3 heteroatoms. The molecule has 0 saturated carbocycles. The fourth-order valence-electron chi connectivity index (χ4n) is 3.30. The van der Waals surface area contributed by atoms with Crippen LogP contribution in [0, 0.1) is 0 Å². The van der Waals surface area contributed by atoms with Crippen molar-refractivity contribution in [3.63, 3.8) is 0 Å². The van der Waals surface area contributed by atoms with Crippen LogP contribution < -0.4 is 0 Å². The van der Waals surface area contributed by atoms with Gasteiger partial charge in [0.1, 0.15) is 0 Å². The Hall–Kier alpha value is -2.36. The van der Waals surface area contributed by atoms with Gasteiger partial charge in [-0.3, -0.25) is 0 Å². The molecule has 0 aliphatic rings. The van der Waals surface area contributed by atoms with Crippen LogP contribution in [-0.2, 0) is 5.41 Å². The molecular formula is C20H19BO2. The van der Waals surface area contributed by atoms with Gasteiger partial charge < -0.3 is 10.0 Å². The molecule has 0 aromatic heterocycles. The molecule has 2 N–H and O–H groups in total. The van der Waals surface area contributed by atoms with E-state index < -0.39 is 12.5 Å². The first kappa shape index (κ1) is 15.5. The van der Waals surface area contributed by atoms with Gasteiger partial charge in [-0.2, -0.15) is 0 Å². The highest BCUT2D eigenvalue weighted by Gasteiger charge is 2.39. The highest BCUT2D eigenvalue weighted by atomic mass is 16.4. The SMILES string of the molecule is OB(O)CC(c1ccccc1)(c1ccccc1)c1ccccc1. The first-order valence-electron chi connectivity index (χ1n) is 7.76. The van der Waals surface area contributed by atoms with E-state index in [9.17, 15) is 10.0 Å². The maximum absolute atomic E-state index is 9.83. The van der Waals surface area contributed by atoms with E-state index in [4.69, 9.17) is 0 Å². The molecule has 114 valence electrons. The minimum absolute atomic E-state index is 0.199. The van der Waals surface area contributed by atoms with E-state index in [1.807, 2.05) is 91.0 Å². The highest BCUT2D eigenvalue weighted by molar-refractivity contribution is 6.41. The number of hydrogen-bond acceptors (Lipinski definition) is 2. The Bertz CT molecular complexity index is 631. The van der Waals surface area contributed by atoms with Crippen LogP contribution in [0.25, 0.3) is 0 Å². The third kappa shape index (κ3) is 3.07. The summed E-state index contributed by atoms with van der Waals surface area (Å²) in [5.41, 5.74) is 2.54. The smallest absolute Gasteiger partial charge is 0.427 e. The number of hydrogen-bond donors (Lipinski definition) is 2. The van der Waals surface area contributed by atoms with Gasteiger partial charge in [-0.15, -0.1) is 0 Å². The molecule has 0 radical (unpaired) electrons. The molecule has 2 nitrogen and oxygen atoms in total. The third-order valence-corrected chi connectivity index (χ3v) is 4.29. The van der Waals surface area contributed by atoms with Crippen molar-refractivity contribution in [2.24, 2.45) is 0 Å². The molecule has 0 aliphatic carbocycles. The van der Waals surface area contributed by atoms with Gasteiger partial charge in [-0.25, -0.2) is 0 Å². The van der Waals surface area contributed by atoms with E-state index in [-0.39, 0.29) is 6.32 Å². The van der Waals surface area contributed by atoms with Crippen molar-refractivity contribution >= 4 is 7.12 Å². The molecular weight excluding hydrogens is 283 g/mol. The second-order valence-corrected chi connectivity index (χ2v) is 5.69. The van der Waals surface area contributed by atoms with Crippen LogP contribution in [0.3, 0.4) is 0 Å². The maximum Gasteiger partial charge on any atom is 0.453 e. The fraction of sp³-hybridized carbons (Fsp3) is 0.100. The summed E-state index contributed by atoms with van der Waals surface area (Å²) in [7, 11) is -1.41. The first-order valence-corrected chi connectivity index (χ1v) is 7.76. The normalized spacial score (nSPS) is 11.2. The van der Waals surface area contributed by atoms with Crippen LogP contribution in [-0.4, -0.2) is 17.2 Å². The largest absolute Gasteiger partial charge is 0.453 e. The Balaban J connectivity index is 2.30. The van der Waals surface area contributed by atoms with Gasteiger partial charge in [0, 0.05) is 5.41 Å². The molecule has 0 aliphatic heterocycles. The Morgan fingerprint density at radius 3 is 1.13 bits per heavy atom. The molecule has 0 heterocycles. The maximum atomic E-state index is 9.83. The van der Waals surface area contributed by atoms with Crippen LogP contribution in [0.4, 0.5) is 0 Å². The van der Waals surface area contributed by atoms with Gasteiger partial charge >= 0.3 is 7.12 Å². The third-order valence-electron chi connectivity index (χ3n) is 4.29. The van der Waals surface area contributed by atoms with E-state index in [0.717, 1.165) is 16.7 Å². The second-order valence-electron chi connectivity index (χ2n) is 5.69. The zero-order valence-corrected chi connectivity index (χ0v) is 12.8. The first-order chi connectivity index (χ1) is 11.2. The minimum Gasteiger partial charge on any atom is -0.427 e. The van der Waals surface area contributed by atoms with E-state index in [1.165, 1.54) is 0 Å². The standard InChI is InChI=1S/C20H19BO2/c22-21(23)16-20(17-10-4-1-5-11-17,18-12-6-2-7-13-18)19-14-8-3-9-15-19/h1-15,22-23H,16H2. The molecule has 3 aromatic rings. The topological polar surface area (TPSA) is 40.5 Å². The highest BCUT2D eigenvalue weighted by Crippen LogP contribution is 2.42. The average Bonchev–Trinajstić information content (AvgIpc) is 2.62. The Morgan fingerprint density at radius 2 is 0.870 bits per heavy atom. The summed E-state index contributed by atoms with van der Waals surface area (Å²) < 4.78 is 0. The molecule has 0 bridgehead atoms. The van der Waals surface area contributed by atoms with Crippen LogP contribution >= 0.6 is 0 Å². The van der Waals surface area contributed by atoms with Crippen LogP contribution in [0.1, 0.15) is 16.7 Å². The summed E-state index contributed by atoms with van der Waals surface area (Å²) in [5, 5.41) is 19.7. The average molecular weight is 302 g/mol. The summed E-state index contributed by atoms with van der Waals surface area (Å²) in [6.45, 7) is 0. The zero-order chi connectivity index (χ0) is 16.1. The van der Waals surface area contributed by atoms with E-state index in [1.54, 1.807) is 0 Å². The lowest BCUT2D eigenvalue weighted by Crippen LogP contribution is -2.35. The Labute approximate surface area is 137 Å². The Kier molecular flexibility index (Phi) is 4.61. The summed E-state index contributed by atoms with van der Waals surface area (Å²) in [6, 6.07) is 30.1. The van der Waals surface area contributed by atoms with E-state index >= 15 is 0 Å². The van der Waals surface area contributed by atoms with Crippen molar-refractivity contribution in [3.05, 3.63) is 108 Å². The molecule has 0 amide bonds. The van der Waals surface area contributed by atoms with Gasteiger partial charge in [0.05, 0.1) is 0 Å². The number of rotatable bonds is 5. The van der Waals surface area contributed by atoms with Crippen LogP contribution in [0.2, 0.25) is 6.32 Å². The fourth-order valence-corrected chi connectivity index (χ4v) is 3.30. The van der Waals surface area contributed by atoms with Gasteiger partial charge in [-0.05, 0) is 23.0 Å². The summed E-state index contributed by atoms with van der Waals surface area (Å²) in [4.78, 5) is 0. The van der Waals surface area contributed by atoms with Gasteiger partial charge in [0.2, 0.25) is 0 Å². The van der Waals surface area contributed by atoms with Crippen molar-refractivity contribution < 1.29 is 10.0 Å². The predicted octanol–water partition coefficient (Wildman–Crippen LogP) is 3.49.